The van der Waals surface area contributed by atoms with E-state index in [2.05, 4.69) is 51.3 Å². The second-order valence-electron chi connectivity index (χ2n) is 9.04. The maximum absolute atomic E-state index is 12.7. The number of rotatable bonds is 9. The molecule has 4 aromatic rings. The van der Waals surface area contributed by atoms with Gasteiger partial charge in [-0.25, -0.2) is 9.79 Å². The summed E-state index contributed by atoms with van der Waals surface area (Å²) in [5, 5.41) is 13.8. The van der Waals surface area contributed by atoms with Crippen molar-refractivity contribution in [2.24, 2.45) is 4.99 Å². The van der Waals surface area contributed by atoms with Gasteiger partial charge in [0.1, 0.15) is 23.0 Å². The van der Waals surface area contributed by atoms with E-state index in [0.717, 1.165) is 16.5 Å². The smallest absolute Gasteiger partial charge is 0.344 e. The Morgan fingerprint density at radius 3 is 2.44 bits per heavy atom. The monoisotopic (exact) mass is 629 g/mol. The number of halogens is 1. The van der Waals surface area contributed by atoms with E-state index in [-0.39, 0.29) is 17.9 Å². The lowest BCUT2D eigenvalue weighted by Crippen LogP contribution is -2.12. The zero-order chi connectivity index (χ0) is 28.8. The minimum absolute atomic E-state index is 0.0476. The van der Waals surface area contributed by atoms with E-state index >= 15 is 0 Å². The Balaban J connectivity index is 1.45. The molecule has 0 atom stereocenters. The summed E-state index contributed by atoms with van der Waals surface area (Å²) < 4.78 is 18.1. The molecule has 0 saturated heterocycles. The van der Waals surface area contributed by atoms with Gasteiger partial charge in [-0.1, -0.05) is 66.4 Å². The standard InChI is InChI=1S/C33H28BrNO5S/c1-3-38-27-18-22(17-26(34)31(27)40-20-21-14-15-23-10-8-9-11-24(23)16-21)19-28-30(36)29(33(37)39-4-2)32(41-28)35-25-12-6-5-7-13-25/h5-19,36H,3-4,20H2,1-2H3/b28-19-,35-32?. The average Bonchev–Trinajstić information content (AvgIpc) is 3.27. The Morgan fingerprint density at radius 2 is 1.68 bits per heavy atom. The van der Waals surface area contributed by atoms with Crippen LogP contribution in [0, 0.1) is 0 Å². The Labute approximate surface area is 251 Å². The molecule has 0 fully saturated rings. The Morgan fingerprint density at radius 1 is 0.927 bits per heavy atom. The van der Waals surface area contributed by atoms with Gasteiger partial charge in [0.2, 0.25) is 0 Å². The minimum atomic E-state index is -0.621. The molecule has 1 aliphatic heterocycles. The van der Waals surface area contributed by atoms with Gasteiger partial charge in [0, 0.05) is 0 Å². The molecule has 0 saturated carbocycles. The molecule has 0 aromatic heterocycles. The summed E-state index contributed by atoms with van der Waals surface area (Å²) in [7, 11) is 0. The molecule has 41 heavy (non-hydrogen) atoms. The molecule has 4 aromatic carbocycles. The number of aliphatic hydroxyl groups is 1. The van der Waals surface area contributed by atoms with Crippen LogP contribution in [0.25, 0.3) is 16.8 Å². The molecule has 8 heteroatoms. The summed E-state index contributed by atoms with van der Waals surface area (Å²) in [4.78, 5) is 17.8. The van der Waals surface area contributed by atoms with E-state index < -0.39 is 5.97 Å². The summed E-state index contributed by atoms with van der Waals surface area (Å²) in [6.45, 7) is 4.62. The highest BCUT2D eigenvalue weighted by Crippen LogP contribution is 2.43. The average molecular weight is 631 g/mol. The predicted molar refractivity (Wildman–Crippen MR) is 169 cm³/mol. The summed E-state index contributed by atoms with van der Waals surface area (Å²) in [5.74, 6) is 0.349. The Hall–Kier alpha value is -4.01. The third-order valence-corrected chi connectivity index (χ3v) is 7.79. The van der Waals surface area contributed by atoms with Crippen molar-refractivity contribution in [3.05, 3.63) is 117 Å². The maximum atomic E-state index is 12.7. The van der Waals surface area contributed by atoms with E-state index in [9.17, 15) is 9.90 Å². The van der Waals surface area contributed by atoms with Gasteiger partial charge in [0.05, 0.1) is 28.3 Å². The third-order valence-electron chi connectivity index (χ3n) is 6.18. The highest BCUT2D eigenvalue weighted by Gasteiger charge is 2.33. The van der Waals surface area contributed by atoms with Crippen molar-refractivity contribution in [2.75, 3.05) is 13.2 Å². The molecule has 0 bridgehead atoms. The van der Waals surface area contributed by atoms with Crippen LogP contribution in [0.1, 0.15) is 25.0 Å². The highest BCUT2D eigenvalue weighted by atomic mass is 79.9. The van der Waals surface area contributed by atoms with Crippen LogP contribution in [-0.2, 0) is 16.1 Å². The highest BCUT2D eigenvalue weighted by molar-refractivity contribution is 9.10. The topological polar surface area (TPSA) is 77.4 Å². The number of benzene rings is 4. The number of nitrogens with zero attached hydrogens (tertiary/aromatic N) is 1. The summed E-state index contributed by atoms with van der Waals surface area (Å²) >= 11 is 4.85. The lowest BCUT2D eigenvalue weighted by atomic mass is 10.1. The van der Waals surface area contributed by atoms with Crippen LogP contribution >= 0.6 is 27.7 Å². The van der Waals surface area contributed by atoms with Crippen LogP contribution in [-0.4, -0.2) is 29.3 Å². The van der Waals surface area contributed by atoms with E-state index in [1.165, 1.54) is 17.1 Å². The van der Waals surface area contributed by atoms with Gasteiger partial charge in [-0.05, 0) is 88.1 Å². The molecule has 0 aliphatic carbocycles. The molecule has 1 aliphatic rings. The fourth-order valence-corrected chi connectivity index (χ4v) is 5.93. The van der Waals surface area contributed by atoms with Crippen LogP contribution in [0.5, 0.6) is 11.5 Å². The molecule has 0 amide bonds. The van der Waals surface area contributed by atoms with Gasteiger partial charge < -0.3 is 19.3 Å². The number of aliphatic imine (C=N–C) groups is 1. The largest absolute Gasteiger partial charge is 0.506 e. The zero-order valence-corrected chi connectivity index (χ0v) is 25.0. The summed E-state index contributed by atoms with van der Waals surface area (Å²) in [6.07, 6.45) is 1.78. The lowest BCUT2D eigenvalue weighted by molar-refractivity contribution is -0.138. The molecule has 0 spiro atoms. The number of ether oxygens (including phenoxy) is 3. The molecule has 208 valence electrons. The number of fused-ring (bicyclic) bond motifs is 1. The van der Waals surface area contributed by atoms with Gasteiger partial charge in [-0.2, -0.15) is 0 Å². The molecule has 0 radical (unpaired) electrons. The number of aliphatic hydroxyl groups excluding tert-OH is 1. The zero-order valence-electron chi connectivity index (χ0n) is 22.6. The van der Waals surface area contributed by atoms with Crippen molar-refractivity contribution in [2.45, 2.75) is 20.5 Å². The quantitative estimate of drug-likeness (QED) is 0.186. The summed E-state index contributed by atoms with van der Waals surface area (Å²) in [5.41, 5.74) is 2.50. The maximum Gasteiger partial charge on any atom is 0.344 e. The number of esters is 1. The first-order valence-corrected chi connectivity index (χ1v) is 14.8. The van der Waals surface area contributed by atoms with Crippen molar-refractivity contribution in [3.63, 3.8) is 0 Å². The van der Waals surface area contributed by atoms with Gasteiger partial charge in [-0.15, -0.1) is 0 Å². The molecule has 0 unspecified atom stereocenters. The second kappa shape index (κ2) is 13.1. The van der Waals surface area contributed by atoms with E-state index in [1.54, 1.807) is 13.0 Å². The van der Waals surface area contributed by atoms with E-state index in [0.29, 0.717) is 44.8 Å². The van der Waals surface area contributed by atoms with Crippen molar-refractivity contribution >= 4 is 61.2 Å². The number of para-hydroxylation sites is 1. The number of carbonyl (C=O) groups is 1. The van der Waals surface area contributed by atoms with Crippen LogP contribution < -0.4 is 9.47 Å². The van der Waals surface area contributed by atoms with Gasteiger partial charge in [0.25, 0.3) is 0 Å². The number of hydrogen-bond acceptors (Lipinski definition) is 7. The molecule has 1 N–H and O–H groups in total. The van der Waals surface area contributed by atoms with Crippen LogP contribution in [0.3, 0.4) is 0 Å². The Bertz CT molecular complexity index is 1680. The first-order chi connectivity index (χ1) is 20.0. The van der Waals surface area contributed by atoms with Crippen molar-refractivity contribution < 1.29 is 24.1 Å². The first kappa shape index (κ1) is 28.5. The summed E-state index contributed by atoms with van der Waals surface area (Å²) in [6, 6.07) is 27.5. The van der Waals surface area contributed by atoms with Crippen molar-refractivity contribution in [3.8, 4) is 11.5 Å². The molecule has 6 nitrogen and oxygen atoms in total. The van der Waals surface area contributed by atoms with E-state index in [1.807, 2.05) is 61.5 Å². The third kappa shape index (κ3) is 6.66. The van der Waals surface area contributed by atoms with Gasteiger partial charge in [-0.3, -0.25) is 0 Å². The van der Waals surface area contributed by atoms with Gasteiger partial charge >= 0.3 is 5.97 Å². The normalized spacial score (nSPS) is 15.1. The van der Waals surface area contributed by atoms with E-state index in [4.69, 9.17) is 14.2 Å². The number of thioether (sulfide) groups is 1. The van der Waals surface area contributed by atoms with Crippen molar-refractivity contribution in [1.82, 2.24) is 0 Å². The molecular weight excluding hydrogens is 602 g/mol. The van der Waals surface area contributed by atoms with Gasteiger partial charge in [0.15, 0.2) is 11.5 Å². The molecular formula is C33H28BrNO5S. The number of hydrogen-bond donors (Lipinski definition) is 1. The minimum Gasteiger partial charge on any atom is -0.506 e. The molecule has 1 heterocycles. The SMILES string of the molecule is CCOC(=O)C1=C(O)/C(=C/c2cc(Br)c(OCc3ccc4ccccc4c3)c(OCC)c2)SC1=Nc1ccccc1. The lowest BCUT2D eigenvalue weighted by Gasteiger charge is -2.15. The van der Waals surface area contributed by atoms with Crippen LogP contribution in [0.15, 0.2) is 111 Å². The van der Waals surface area contributed by atoms with Crippen LogP contribution in [0.2, 0.25) is 0 Å². The first-order valence-electron chi connectivity index (χ1n) is 13.2. The fourth-order valence-electron chi connectivity index (χ4n) is 4.32. The predicted octanol–water partition coefficient (Wildman–Crippen LogP) is 8.77. The Kier molecular flexibility index (Phi) is 9.11. The van der Waals surface area contributed by atoms with Crippen molar-refractivity contribution in [1.29, 1.82) is 0 Å². The molecule has 5 rings (SSSR count). The fraction of sp³-hybridized carbons (Fsp3) is 0.152. The van der Waals surface area contributed by atoms with Crippen LogP contribution in [0.4, 0.5) is 5.69 Å². The number of carbonyl (C=O) groups excluding carboxylic acids is 1. The second-order valence-corrected chi connectivity index (χ2v) is 10.9.